The molecule has 0 saturated carbocycles. The third kappa shape index (κ3) is 6.99. The molecule has 242 valence electrons. The second kappa shape index (κ2) is 14.4. The van der Waals surface area contributed by atoms with Gasteiger partial charge in [0, 0.05) is 25.9 Å². The van der Waals surface area contributed by atoms with Crippen LogP contribution in [0.15, 0.2) is 116 Å². The molecule has 4 aromatic carbocycles. The van der Waals surface area contributed by atoms with Gasteiger partial charge in [-0.05, 0) is 64.6 Å². The van der Waals surface area contributed by atoms with E-state index in [2.05, 4.69) is 12.6 Å². The third-order valence-electron chi connectivity index (χ3n) is 8.89. The number of phenols is 1. The van der Waals surface area contributed by atoms with Gasteiger partial charge >= 0.3 is 0 Å². The highest BCUT2D eigenvalue weighted by Crippen LogP contribution is 2.31. The van der Waals surface area contributed by atoms with Crippen molar-refractivity contribution in [1.29, 1.82) is 5.26 Å². The summed E-state index contributed by atoms with van der Waals surface area (Å²) in [6.07, 6.45) is 1.96. The zero-order valence-electron chi connectivity index (χ0n) is 26.6. The number of nitrogens with zero attached hydrogens (tertiary/aromatic N) is 5. The van der Waals surface area contributed by atoms with E-state index in [9.17, 15) is 24.8 Å². The Morgan fingerprint density at radius 2 is 1.60 bits per heavy atom. The molecule has 0 unspecified atom stereocenters. The average molecular weight is 640 g/mol. The van der Waals surface area contributed by atoms with E-state index in [4.69, 9.17) is 0 Å². The Labute approximate surface area is 280 Å². The van der Waals surface area contributed by atoms with E-state index in [-0.39, 0.29) is 55.9 Å². The molecule has 9 nitrogen and oxygen atoms in total. The van der Waals surface area contributed by atoms with E-state index in [1.165, 1.54) is 0 Å². The summed E-state index contributed by atoms with van der Waals surface area (Å²) in [4.78, 5) is 45.6. The highest BCUT2D eigenvalue weighted by Gasteiger charge is 2.51. The van der Waals surface area contributed by atoms with Gasteiger partial charge in [0.05, 0.1) is 24.7 Å². The summed E-state index contributed by atoms with van der Waals surface area (Å²) in [5, 5.41) is 22.7. The number of nitriles is 1. The lowest BCUT2D eigenvalue weighted by Gasteiger charge is -2.55. The van der Waals surface area contributed by atoms with Gasteiger partial charge in [0.15, 0.2) is 0 Å². The van der Waals surface area contributed by atoms with E-state index in [0.717, 1.165) is 27.8 Å². The van der Waals surface area contributed by atoms with Gasteiger partial charge in [-0.1, -0.05) is 78.9 Å². The minimum atomic E-state index is -0.855. The fraction of sp³-hybridized carbons (Fsp3) is 0.231. The molecule has 4 aromatic rings. The second-order valence-corrected chi connectivity index (χ2v) is 12.1. The van der Waals surface area contributed by atoms with Gasteiger partial charge in [-0.2, -0.15) is 5.26 Å². The van der Waals surface area contributed by atoms with Crippen LogP contribution in [-0.2, 0) is 33.8 Å². The van der Waals surface area contributed by atoms with Crippen LogP contribution in [0.1, 0.15) is 28.7 Å². The van der Waals surface area contributed by atoms with E-state index in [1.54, 1.807) is 56.2 Å². The number of phenolic OH excluding ortho intramolecular Hbond substituents is 1. The molecule has 2 atom stereocenters. The Morgan fingerprint density at radius 1 is 0.896 bits per heavy atom. The Bertz CT molecular complexity index is 1850. The van der Waals surface area contributed by atoms with Crippen molar-refractivity contribution >= 4 is 17.7 Å². The molecule has 0 radical (unpaired) electrons. The molecular formula is C39H37N5O4. The normalized spacial score (nSPS) is 17.9. The third-order valence-corrected chi connectivity index (χ3v) is 8.89. The number of benzene rings is 4. The van der Waals surface area contributed by atoms with Crippen LogP contribution in [0, 0.1) is 11.3 Å². The Balaban J connectivity index is 1.34. The summed E-state index contributed by atoms with van der Waals surface area (Å²) in [6, 6.07) is 33.0. The van der Waals surface area contributed by atoms with Crippen LogP contribution in [0.5, 0.6) is 5.75 Å². The molecule has 2 aliphatic rings. The van der Waals surface area contributed by atoms with Crippen LogP contribution in [0.2, 0.25) is 0 Å². The number of carbonyl (C=O) groups excluding carboxylic acids is 3. The first-order valence-corrected chi connectivity index (χ1v) is 16.0. The summed E-state index contributed by atoms with van der Waals surface area (Å²) < 4.78 is 0. The Hall–Kier alpha value is -5.72. The average Bonchev–Trinajstić information content (AvgIpc) is 3.10. The summed E-state index contributed by atoms with van der Waals surface area (Å²) in [6.45, 7) is 4.52. The van der Waals surface area contributed by atoms with E-state index < -0.39 is 12.2 Å². The lowest BCUT2D eigenvalue weighted by atomic mass is 9.97. The number of amides is 3. The number of fused-ring (bicyclic) bond motifs is 1. The van der Waals surface area contributed by atoms with Crippen molar-refractivity contribution < 1.29 is 19.5 Å². The summed E-state index contributed by atoms with van der Waals surface area (Å²) in [7, 11) is 0. The highest BCUT2D eigenvalue weighted by atomic mass is 16.3. The fourth-order valence-electron chi connectivity index (χ4n) is 6.61. The van der Waals surface area contributed by atoms with Gasteiger partial charge in [0.25, 0.3) is 0 Å². The number of rotatable bonds is 10. The second-order valence-electron chi connectivity index (χ2n) is 12.1. The summed E-state index contributed by atoms with van der Waals surface area (Å²) in [5.74, 6) is -0.471. The van der Waals surface area contributed by atoms with Gasteiger partial charge in [0.1, 0.15) is 18.0 Å². The maximum absolute atomic E-state index is 14.3. The lowest BCUT2D eigenvalue weighted by Crippen LogP contribution is -2.75. The maximum Gasteiger partial charge on any atom is 0.246 e. The number of aromatic hydroxyl groups is 1. The van der Waals surface area contributed by atoms with Gasteiger partial charge in [-0.25, -0.2) is 10.0 Å². The smallest absolute Gasteiger partial charge is 0.246 e. The zero-order valence-corrected chi connectivity index (χ0v) is 26.6. The van der Waals surface area contributed by atoms with Gasteiger partial charge < -0.3 is 14.9 Å². The molecule has 9 heteroatoms. The van der Waals surface area contributed by atoms with Crippen molar-refractivity contribution in [2.45, 2.75) is 38.0 Å². The number of hydrogen-bond acceptors (Lipinski definition) is 6. The predicted molar refractivity (Wildman–Crippen MR) is 182 cm³/mol. The molecule has 1 N–H and O–H groups in total. The lowest BCUT2D eigenvalue weighted by molar-refractivity contribution is -0.205. The maximum atomic E-state index is 14.3. The first kappa shape index (κ1) is 32.2. The number of hydrazine groups is 1. The molecule has 0 bridgehead atoms. The van der Waals surface area contributed by atoms with E-state index >= 15 is 0 Å². The van der Waals surface area contributed by atoms with Gasteiger partial charge in [0.2, 0.25) is 17.7 Å². The number of carbonyl (C=O) groups is 3. The van der Waals surface area contributed by atoms with Gasteiger partial charge in [-0.15, -0.1) is 6.58 Å². The van der Waals surface area contributed by atoms with Crippen molar-refractivity contribution in [1.82, 2.24) is 19.8 Å². The van der Waals surface area contributed by atoms with Crippen molar-refractivity contribution in [2.24, 2.45) is 0 Å². The number of piperazine rings is 1. The van der Waals surface area contributed by atoms with E-state index in [1.807, 2.05) is 72.8 Å². The van der Waals surface area contributed by atoms with Crippen LogP contribution in [0.4, 0.5) is 0 Å². The first-order chi connectivity index (χ1) is 23.3. The van der Waals surface area contributed by atoms with E-state index in [0.29, 0.717) is 18.5 Å². The largest absolute Gasteiger partial charge is 0.508 e. The standard InChI is InChI=1S/C39H37N5O4/c1-2-20-42-27-38(47)43-35(23-29-14-17-34(45)18-15-29)39(48)41(26-36(43)44(42)37(46)19-16-28-8-4-3-5-9-28)25-31-11-7-13-33(22-31)32-12-6-10-30(21-32)24-40/h2-15,17-18,21-22,35-36,45H,1,16,19-20,23,25-27H2/t35-,36-/m0/s1. The van der Waals surface area contributed by atoms with Crippen LogP contribution in [-0.4, -0.2) is 74.5 Å². The van der Waals surface area contributed by atoms with Crippen molar-refractivity contribution in [2.75, 3.05) is 19.6 Å². The zero-order chi connectivity index (χ0) is 33.6. The minimum absolute atomic E-state index is 0.0528. The van der Waals surface area contributed by atoms with Crippen LogP contribution >= 0.6 is 0 Å². The highest BCUT2D eigenvalue weighted by molar-refractivity contribution is 5.92. The molecule has 2 heterocycles. The topological polar surface area (TPSA) is 108 Å². The molecule has 0 aromatic heterocycles. The fourth-order valence-corrected chi connectivity index (χ4v) is 6.61. The molecule has 3 amide bonds. The molecule has 48 heavy (non-hydrogen) atoms. The van der Waals surface area contributed by atoms with Crippen LogP contribution in [0.25, 0.3) is 11.1 Å². The minimum Gasteiger partial charge on any atom is -0.508 e. The van der Waals surface area contributed by atoms with Crippen LogP contribution < -0.4 is 0 Å². The molecule has 0 aliphatic carbocycles. The molecule has 2 aliphatic heterocycles. The summed E-state index contributed by atoms with van der Waals surface area (Å²) >= 11 is 0. The molecule has 2 saturated heterocycles. The monoisotopic (exact) mass is 639 g/mol. The van der Waals surface area contributed by atoms with Crippen molar-refractivity contribution in [3.63, 3.8) is 0 Å². The van der Waals surface area contributed by atoms with Gasteiger partial charge in [-0.3, -0.25) is 14.4 Å². The van der Waals surface area contributed by atoms with Crippen molar-refractivity contribution in [3.8, 4) is 22.9 Å². The number of hydrogen-bond donors (Lipinski definition) is 1. The molecular weight excluding hydrogens is 602 g/mol. The molecule has 0 spiro atoms. The van der Waals surface area contributed by atoms with Crippen LogP contribution in [0.3, 0.4) is 0 Å². The SMILES string of the molecule is C=CCN1CC(=O)N2[C@@H](Cc3ccc(O)cc3)C(=O)N(Cc3cccc(-c4cccc(C#N)c4)c3)C[C@@H]2N1C(=O)CCc1ccccc1. The van der Waals surface area contributed by atoms with Crippen molar-refractivity contribution in [3.05, 3.63) is 138 Å². The predicted octanol–water partition coefficient (Wildman–Crippen LogP) is 4.92. The summed E-state index contributed by atoms with van der Waals surface area (Å²) in [5.41, 5.74) is 5.08. The number of aryl methyl sites for hydroxylation is 1. The quantitative estimate of drug-likeness (QED) is 0.247. The first-order valence-electron chi connectivity index (χ1n) is 16.0. The molecule has 6 rings (SSSR count). The Morgan fingerprint density at radius 3 is 2.33 bits per heavy atom. The molecule has 2 fully saturated rings. The Kier molecular flexibility index (Phi) is 9.65.